The van der Waals surface area contributed by atoms with Crippen molar-refractivity contribution >= 4 is 22.6 Å². The van der Waals surface area contributed by atoms with Crippen LogP contribution in [0.4, 0.5) is 0 Å². The third kappa shape index (κ3) is 2.05. The van der Waals surface area contributed by atoms with E-state index in [9.17, 15) is 0 Å². The van der Waals surface area contributed by atoms with Crippen molar-refractivity contribution in [3.05, 3.63) is 35.0 Å². The number of fused-ring (bicyclic) bond motifs is 1. The van der Waals surface area contributed by atoms with Crippen molar-refractivity contribution in [3.8, 4) is 0 Å². The van der Waals surface area contributed by atoms with Gasteiger partial charge in [0.2, 0.25) is 0 Å². The minimum atomic E-state index is -0.258. The number of hydrogen-bond donors (Lipinski definition) is 2. The third-order valence-electron chi connectivity index (χ3n) is 4.08. The van der Waals surface area contributed by atoms with Crippen molar-refractivity contribution in [2.24, 2.45) is 5.84 Å². The number of halogens is 1. The first kappa shape index (κ1) is 12.9. The number of hydrogen-bond acceptors (Lipinski definition) is 4. The normalized spacial score (nSPS) is 19.3. The minimum Gasteiger partial charge on any atom is -0.459 e. The van der Waals surface area contributed by atoms with Gasteiger partial charge in [-0.15, -0.1) is 0 Å². The van der Waals surface area contributed by atoms with Crippen LogP contribution in [0.5, 0.6) is 0 Å². The molecule has 1 aromatic carbocycles. The monoisotopic (exact) mass is 280 g/mol. The molecule has 4 nitrogen and oxygen atoms in total. The van der Waals surface area contributed by atoms with Crippen molar-refractivity contribution in [1.29, 1.82) is 0 Å². The van der Waals surface area contributed by atoms with Crippen LogP contribution >= 0.6 is 11.6 Å². The largest absolute Gasteiger partial charge is 0.459 e. The summed E-state index contributed by atoms with van der Waals surface area (Å²) in [7, 11) is 1.73. The van der Waals surface area contributed by atoms with Gasteiger partial charge in [-0.1, -0.05) is 11.6 Å². The number of nitrogens with one attached hydrogen (secondary N) is 1. The molecular formula is C14H17ClN2O2. The summed E-state index contributed by atoms with van der Waals surface area (Å²) in [6.07, 6.45) is 3.12. The smallest absolute Gasteiger partial charge is 0.134 e. The van der Waals surface area contributed by atoms with Crippen LogP contribution in [-0.4, -0.2) is 12.7 Å². The minimum absolute atomic E-state index is 0.141. The fourth-order valence-electron chi connectivity index (χ4n) is 2.81. The molecule has 1 aromatic heterocycles. The van der Waals surface area contributed by atoms with Crippen LogP contribution < -0.4 is 11.3 Å². The summed E-state index contributed by atoms with van der Waals surface area (Å²) in [5.41, 5.74) is 3.39. The zero-order chi connectivity index (χ0) is 13.5. The second-order valence-electron chi connectivity index (χ2n) is 5.05. The van der Waals surface area contributed by atoms with Crippen LogP contribution in [0.2, 0.25) is 5.02 Å². The average Bonchev–Trinajstić information content (AvgIpc) is 2.75. The molecule has 0 saturated heterocycles. The van der Waals surface area contributed by atoms with E-state index >= 15 is 0 Å². The van der Waals surface area contributed by atoms with Crippen molar-refractivity contribution in [1.82, 2.24) is 5.43 Å². The van der Waals surface area contributed by atoms with Gasteiger partial charge in [-0.2, -0.15) is 0 Å². The maximum Gasteiger partial charge on any atom is 0.134 e. The predicted molar refractivity (Wildman–Crippen MR) is 74.9 cm³/mol. The van der Waals surface area contributed by atoms with Gasteiger partial charge >= 0.3 is 0 Å². The Bertz CT molecular complexity index is 587. The maximum atomic E-state index is 5.99. The molecule has 1 aliphatic rings. The lowest BCUT2D eigenvalue weighted by Crippen LogP contribution is -2.52. The Morgan fingerprint density at radius 1 is 1.42 bits per heavy atom. The number of hydrazine groups is 1. The molecular weight excluding hydrogens is 264 g/mol. The first-order valence-corrected chi connectivity index (χ1v) is 6.76. The SMILES string of the molecule is COC1(C(NN)c2cc3cc(Cl)ccc3o2)CCC1. The molecule has 0 spiro atoms. The van der Waals surface area contributed by atoms with Gasteiger partial charge in [0.25, 0.3) is 0 Å². The zero-order valence-electron chi connectivity index (χ0n) is 10.8. The van der Waals surface area contributed by atoms with E-state index in [0.29, 0.717) is 5.02 Å². The highest BCUT2D eigenvalue weighted by atomic mass is 35.5. The first-order valence-electron chi connectivity index (χ1n) is 6.39. The number of furan rings is 1. The van der Waals surface area contributed by atoms with E-state index < -0.39 is 0 Å². The van der Waals surface area contributed by atoms with Crippen LogP contribution in [0.1, 0.15) is 31.1 Å². The summed E-state index contributed by atoms with van der Waals surface area (Å²) in [4.78, 5) is 0. The van der Waals surface area contributed by atoms with Gasteiger partial charge < -0.3 is 9.15 Å². The molecule has 1 saturated carbocycles. The summed E-state index contributed by atoms with van der Waals surface area (Å²) in [6.45, 7) is 0. The van der Waals surface area contributed by atoms with Gasteiger partial charge in [0.1, 0.15) is 17.4 Å². The molecule has 5 heteroatoms. The van der Waals surface area contributed by atoms with Crippen LogP contribution in [0.3, 0.4) is 0 Å². The van der Waals surface area contributed by atoms with Gasteiger partial charge in [0.15, 0.2) is 0 Å². The predicted octanol–water partition coefficient (Wildman–Crippen LogP) is 3.16. The van der Waals surface area contributed by atoms with Gasteiger partial charge in [-0.25, -0.2) is 5.43 Å². The zero-order valence-corrected chi connectivity index (χ0v) is 11.5. The molecule has 0 radical (unpaired) electrons. The number of ether oxygens (including phenoxy) is 1. The number of nitrogens with two attached hydrogens (primary N) is 1. The van der Waals surface area contributed by atoms with Gasteiger partial charge in [-0.05, 0) is 43.5 Å². The van der Waals surface area contributed by atoms with Crippen molar-refractivity contribution in [2.75, 3.05) is 7.11 Å². The molecule has 0 aliphatic heterocycles. The van der Waals surface area contributed by atoms with Gasteiger partial charge in [0, 0.05) is 17.5 Å². The van der Waals surface area contributed by atoms with Crippen LogP contribution in [-0.2, 0) is 4.74 Å². The van der Waals surface area contributed by atoms with E-state index in [0.717, 1.165) is 36.0 Å². The van der Waals surface area contributed by atoms with E-state index in [1.54, 1.807) is 7.11 Å². The fourth-order valence-corrected chi connectivity index (χ4v) is 2.99. The summed E-state index contributed by atoms with van der Waals surface area (Å²) < 4.78 is 11.6. The van der Waals surface area contributed by atoms with Crippen molar-refractivity contribution in [3.63, 3.8) is 0 Å². The molecule has 0 bridgehead atoms. The maximum absolute atomic E-state index is 5.99. The van der Waals surface area contributed by atoms with Crippen LogP contribution in [0.15, 0.2) is 28.7 Å². The molecule has 2 aromatic rings. The summed E-state index contributed by atoms with van der Waals surface area (Å²) in [6, 6.07) is 7.41. The second kappa shape index (κ2) is 4.80. The fraction of sp³-hybridized carbons (Fsp3) is 0.429. The second-order valence-corrected chi connectivity index (χ2v) is 5.49. The quantitative estimate of drug-likeness (QED) is 0.667. The summed E-state index contributed by atoms with van der Waals surface area (Å²) in [5, 5.41) is 1.68. The first-order chi connectivity index (χ1) is 9.18. The average molecular weight is 281 g/mol. The molecule has 19 heavy (non-hydrogen) atoms. The van der Waals surface area contributed by atoms with E-state index in [4.69, 9.17) is 26.6 Å². The molecule has 1 aliphatic carbocycles. The highest BCUT2D eigenvalue weighted by Gasteiger charge is 2.46. The molecule has 102 valence electrons. The highest BCUT2D eigenvalue weighted by Crippen LogP contribution is 2.45. The lowest BCUT2D eigenvalue weighted by atomic mass is 9.74. The third-order valence-corrected chi connectivity index (χ3v) is 4.32. The van der Waals surface area contributed by atoms with E-state index in [1.807, 2.05) is 24.3 Å². The lowest BCUT2D eigenvalue weighted by molar-refractivity contribution is -0.104. The molecule has 0 amide bonds. The van der Waals surface area contributed by atoms with Crippen molar-refractivity contribution in [2.45, 2.75) is 30.9 Å². The topological polar surface area (TPSA) is 60.4 Å². The van der Waals surface area contributed by atoms with Gasteiger partial charge in [-0.3, -0.25) is 5.84 Å². The number of rotatable bonds is 4. The molecule has 1 heterocycles. The van der Waals surface area contributed by atoms with Crippen LogP contribution in [0, 0.1) is 0 Å². The van der Waals surface area contributed by atoms with Gasteiger partial charge in [0.05, 0.1) is 5.60 Å². The Labute approximate surface area is 116 Å². The van der Waals surface area contributed by atoms with Crippen LogP contribution in [0.25, 0.3) is 11.0 Å². The standard InChI is InChI=1S/C14H17ClN2O2/c1-18-14(5-2-6-14)13(17-16)12-8-9-7-10(15)3-4-11(9)19-12/h3-4,7-8,13,17H,2,5-6,16H2,1H3. The summed E-state index contributed by atoms with van der Waals surface area (Å²) in [5.74, 6) is 6.50. The Kier molecular flexibility index (Phi) is 3.27. The summed E-state index contributed by atoms with van der Waals surface area (Å²) >= 11 is 5.99. The van der Waals surface area contributed by atoms with E-state index in [1.165, 1.54) is 0 Å². The molecule has 1 atom stereocenters. The molecule has 3 N–H and O–H groups in total. The molecule has 1 fully saturated rings. The molecule has 3 rings (SSSR count). The Hall–Kier alpha value is -1.07. The Morgan fingerprint density at radius 2 is 2.21 bits per heavy atom. The van der Waals surface area contributed by atoms with E-state index in [2.05, 4.69) is 5.43 Å². The Balaban J connectivity index is 2.01. The number of benzene rings is 1. The number of methoxy groups -OCH3 is 1. The van der Waals surface area contributed by atoms with E-state index in [-0.39, 0.29) is 11.6 Å². The molecule has 1 unspecified atom stereocenters. The highest BCUT2D eigenvalue weighted by molar-refractivity contribution is 6.31. The van der Waals surface area contributed by atoms with Crippen molar-refractivity contribution < 1.29 is 9.15 Å². The lowest BCUT2D eigenvalue weighted by Gasteiger charge is -2.45. The Morgan fingerprint density at radius 3 is 2.79 bits per heavy atom.